The molecule has 0 aliphatic rings. The Labute approximate surface area is 120 Å². The van der Waals surface area contributed by atoms with Crippen molar-refractivity contribution in [2.45, 2.75) is 6.61 Å². The van der Waals surface area contributed by atoms with Gasteiger partial charge in [-0.05, 0) is 24.3 Å². The van der Waals surface area contributed by atoms with Crippen molar-refractivity contribution in [2.75, 3.05) is 0 Å². The van der Waals surface area contributed by atoms with Gasteiger partial charge in [0.15, 0.2) is 0 Å². The summed E-state index contributed by atoms with van der Waals surface area (Å²) in [5, 5.41) is 2.27. The Morgan fingerprint density at radius 3 is 2.86 bits per heavy atom. The van der Waals surface area contributed by atoms with E-state index in [1.165, 1.54) is 6.33 Å². The molecule has 4 aromatic rings. The number of benzene rings is 1. The van der Waals surface area contributed by atoms with Gasteiger partial charge < -0.3 is 9.72 Å². The minimum Gasteiger partial charge on any atom is -0.489 e. The molecule has 0 saturated heterocycles. The summed E-state index contributed by atoms with van der Waals surface area (Å²) in [6.45, 7) is 0.449. The van der Waals surface area contributed by atoms with Gasteiger partial charge in [0.2, 0.25) is 0 Å². The molecule has 0 bridgehead atoms. The molecule has 0 radical (unpaired) electrons. The van der Waals surface area contributed by atoms with Crippen molar-refractivity contribution in [2.24, 2.45) is 0 Å². The Hall–Kier alpha value is -2.95. The van der Waals surface area contributed by atoms with Crippen LogP contribution in [0.3, 0.4) is 0 Å². The Balaban J connectivity index is 1.66. The molecular weight excluding hydrogens is 264 g/mol. The topological polar surface area (TPSA) is 63.7 Å². The van der Waals surface area contributed by atoms with Crippen LogP contribution in [0.25, 0.3) is 21.9 Å². The van der Waals surface area contributed by atoms with Crippen molar-refractivity contribution in [1.82, 2.24) is 19.9 Å². The van der Waals surface area contributed by atoms with E-state index in [4.69, 9.17) is 4.74 Å². The van der Waals surface area contributed by atoms with Crippen molar-refractivity contribution in [1.29, 1.82) is 0 Å². The van der Waals surface area contributed by atoms with E-state index in [9.17, 15) is 0 Å². The first-order valence-corrected chi connectivity index (χ1v) is 6.63. The lowest BCUT2D eigenvalue weighted by Gasteiger charge is -2.05. The van der Waals surface area contributed by atoms with Crippen LogP contribution in [0.2, 0.25) is 0 Å². The highest BCUT2D eigenvalue weighted by atomic mass is 16.5. The second-order valence-corrected chi connectivity index (χ2v) is 4.77. The van der Waals surface area contributed by atoms with Gasteiger partial charge in [0.1, 0.15) is 24.3 Å². The molecule has 0 unspecified atom stereocenters. The number of fused-ring (bicyclic) bond motifs is 3. The summed E-state index contributed by atoms with van der Waals surface area (Å²) in [6, 6.07) is 10.00. The third kappa shape index (κ3) is 2.18. The zero-order valence-corrected chi connectivity index (χ0v) is 11.2. The molecule has 0 fully saturated rings. The zero-order valence-electron chi connectivity index (χ0n) is 11.2. The molecule has 21 heavy (non-hydrogen) atoms. The van der Waals surface area contributed by atoms with E-state index in [0.29, 0.717) is 6.61 Å². The number of pyridine rings is 1. The van der Waals surface area contributed by atoms with Gasteiger partial charge >= 0.3 is 0 Å². The number of hydrogen-bond donors (Lipinski definition) is 1. The van der Waals surface area contributed by atoms with Gasteiger partial charge in [0.25, 0.3) is 0 Å². The van der Waals surface area contributed by atoms with Gasteiger partial charge in [-0.3, -0.25) is 0 Å². The van der Waals surface area contributed by atoms with Crippen LogP contribution in [0.5, 0.6) is 5.75 Å². The van der Waals surface area contributed by atoms with Crippen molar-refractivity contribution >= 4 is 21.9 Å². The fourth-order valence-electron chi connectivity index (χ4n) is 2.37. The predicted octanol–water partition coefficient (Wildman–Crippen LogP) is 3.09. The molecule has 1 N–H and O–H groups in total. The fourth-order valence-corrected chi connectivity index (χ4v) is 2.37. The Morgan fingerprint density at radius 1 is 1.05 bits per heavy atom. The molecule has 5 heteroatoms. The predicted molar refractivity (Wildman–Crippen MR) is 80.0 cm³/mol. The lowest BCUT2D eigenvalue weighted by molar-refractivity contribution is 0.305. The molecule has 5 nitrogen and oxygen atoms in total. The van der Waals surface area contributed by atoms with Crippen LogP contribution in [0.15, 0.2) is 55.2 Å². The summed E-state index contributed by atoms with van der Waals surface area (Å²) in [6.07, 6.45) is 6.79. The van der Waals surface area contributed by atoms with E-state index in [1.807, 2.05) is 24.3 Å². The first-order valence-electron chi connectivity index (χ1n) is 6.63. The second-order valence-electron chi connectivity index (χ2n) is 4.77. The van der Waals surface area contributed by atoms with Crippen molar-refractivity contribution < 1.29 is 4.74 Å². The van der Waals surface area contributed by atoms with E-state index in [0.717, 1.165) is 33.2 Å². The number of ether oxygens (including phenoxy) is 1. The van der Waals surface area contributed by atoms with Gasteiger partial charge in [-0.25, -0.2) is 15.0 Å². The van der Waals surface area contributed by atoms with Crippen LogP contribution in [0.1, 0.15) is 5.56 Å². The van der Waals surface area contributed by atoms with Gasteiger partial charge in [0.05, 0.1) is 5.52 Å². The molecule has 1 aromatic carbocycles. The quantitative estimate of drug-likeness (QED) is 0.624. The summed E-state index contributed by atoms with van der Waals surface area (Å²) >= 11 is 0. The number of nitrogens with one attached hydrogen (secondary N) is 1. The van der Waals surface area contributed by atoms with Crippen LogP contribution >= 0.6 is 0 Å². The smallest absolute Gasteiger partial charge is 0.138 e. The summed E-state index contributed by atoms with van der Waals surface area (Å²) in [5.41, 5.74) is 2.85. The SMILES string of the molecule is c1cnc2[nH]c3cc(OCc4cncnc4)ccc3c2c1. The third-order valence-electron chi connectivity index (χ3n) is 3.36. The van der Waals surface area contributed by atoms with E-state index in [-0.39, 0.29) is 0 Å². The van der Waals surface area contributed by atoms with Crippen LogP contribution < -0.4 is 4.74 Å². The van der Waals surface area contributed by atoms with E-state index >= 15 is 0 Å². The molecule has 0 amide bonds. The van der Waals surface area contributed by atoms with Gasteiger partial charge in [-0.2, -0.15) is 0 Å². The van der Waals surface area contributed by atoms with E-state index in [2.05, 4.69) is 26.0 Å². The van der Waals surface area contributed by atoms with Crippen molar-refractivity contribution in [3.8, 4) is 5.75 Å². The van der Waals surface area contributed by atoms with Crippen LogP contribution in [0, 0.1) is 0 Å². The number of aromatic nitrogens is 4. The maximum Gasteiger partial charge on any atom is 0.138 e. The summed E-state index contributed by atoms with van der Waals surface area (Å²) in [4.78, 5) is 15.6. The summed E-state index contributed by atoms with van der Waals surface area (Å²) < 4.78 is 5.78. The van der Waals surface area contributed by atoms with Crippen molar-refractivity contribution in [3.63, 3.8) is 0 Å². The average Bonchev–Trinajstić information content (AvgIpc) is 2.91. The molecule has 3 aromatic heterocycles. The lowest BCUT2D eigenvalue weighted by atomic mass is 10.2. The van der Waals surface area contributed by atoms with Gasteiger partial charge in [0, 0.05) is 41.0 Å². The molecule has 0 spiro atoms. The highest BCUT2D eigenvalue weighted by Gasteiger charge is 2.05. The molecule has 4 rings (SSSR count). The Bertz CT molecular complexity index is 902. The van der Waals surface area contributed by atoms with Crippen LogP contribution in [0.4, 0.5) is 0 Å². The monoisotopic (exact) mass is 276 g/mol. The number of H-pyrrole nitrogens is 1. The van der Waals surface area contributed by atoms with Gasteiger partial charge in [-0.1, -0.05) is 0 Å². The normalized spacial score (nSPS) is 11.0. The average molecular weight is 276 g/mol. The largest absolute Gasteiger partial charge is 0.489 e. The number of aromatic amines is 1. The molecule has 102 valence electrons. The maximum absolute atomic E-state index is 5.78. The first-order chi connectivity index (χ1) is 10.4. The van der Waals surface area contributed by atoms with Crippen LogP contribution in [-0.2, 0) is 6.61 Å². The minimum absolute atomic E-state index is 0.449. The Morgan fingerprint density at radius 2 is 1.95 bits per heavy atom. The van der Waals surface area contributed by atoms with Crippen LogP contribution in [-0.4, -0.2) is 19.9 Å². The number of nitrogens with zero attached hydrogens (tertiary/aromatic N) is 3. The molecule has 0 atom stereocenters. The van der Waals surface area contributed by atoms with E-state index in [1.54, 1.807) is 18.6 Å². The number of rotatable bonds is 3. The summed E-state index contributed by atoms with van der Waals surface area (Å²) in [5.74, 6) is 0.804. The minimum atomic E-state index is 0.449. The van der Waals surface area contributed by atoms with E-state index < -0.39 is 0 Å². The second kappa shape index (κ2) is 4.86. The lowest BCUT2D eigenvalue weighted by Crippen LogP contribution is -1.96. The maximum atomic E-state index is 5.78. The molecule has 3 heterocycles. The molecule has 0 aliphatic carbocycles. The highest BCUT2D eigenvalue weighted by Crippen LogP contribution is 2.27. The highest BCUT2D eigenvalue weighted by molar-refractivity contribution is 6.06. The van der Waals surface area contributed by atoms with Gasteiger partial charge in [-0.15, -0.1) is 0 Å². The first kappa shape index (κ1) is 11.8. The zero-order chi connectivity index (χ0) is 14.1. The summed E-state index contributed by atoms with van der Waals surface area (Å²) in [7, 11) is 0. The number of hydrogen-bond acceptors (Lipinski definition) is 4. The molecular formula is C16H12N4O. The van der Waals surface area contributed by atoms with Crippen molar-refractivity contribution in [3.05, 3.63) is 60.8 Å². The Kier molecular flexibility index (Phi) is 2.74. The molecule has 0 aliphatic heterocycles. The molecule has 0 saturated carbocycles. The standard InChI is InChI=1S/C16H12N4O/c1-2-14-13-4-3-12(6-15(13)20-16(14)19-5-1)21-9-11-7-17-10-18-8-11/h1-8,10H,9H2,(H,19,20). The fraction of sp³-hybridized carbons (Fsp3) is 0.0625. The third-order valence-corrected chi connectivity index (χ3v) is 3.36.